The Morgan fingerprint density at radius 2 is 1.56 bits per heavy atom. The van der Waals surface area contributed by atoms with E-state index in [-0.39, 0.29) is 0 Å². The molecular formula is C12H25NO3. The minimum absolute atomic E-state index is 0.524. The molecule has 0 heterocycles. The first-order chi connectivity index (χ1) is 6.90. The Kier molecular flexibility index (Phi) is 4.54. The van der Waals surface area contributed by atoms with Crippen molar-refractivity contribution in [2.75, 3.05) is 6.54 Å². The SMILES string of the molecule is CC(C)(O)CCNC(C)(C)C(C)(C)C(=O)O. The van der Waals surface area contributed by atoms with Gasteiger partial charge in [0.15, 0.2) is 0 Å². The number of nitrogens with one attached hydrogen (secondary N) is 1. The third-order valence-corrected chi connectivity index (χ3v) is 3.40. The van der Waals surface area contributed by atoms with Crippen molar-refractivity contribution in [2.24, 2.45) is 5.41 Å². The Hall–Kier alpha value is -0.610. The van der Waals surface area contributed by atoms with Gasteiger partial charge in [0.25, 0.3) is 0 Å². The molecule has 0 aromatic carbocycles. The van der Waals surface area contributed by atoms with E-state index in [2.05, 4.69) is 5.32 Å². The molecule has 0 radical (unpaired) electrons. The van der Waals surface area contributed by atoms with E-state index in [0.717, 1.165) is 0 Å². The molecule has 0 rings (SSSR count). The number of carbonyl (C=O) groups is 1. The monoisotopic (exact) mass is 231 g/mol. The van der Waals surface area contributed by atoms with Gasteiger partial charge in [-0.15, -0.1) is 0 Å². The molecule has 0 saturated carbocycles. The highest BCUT2D eigenvalue weighted by atomic mass is 16.4. The number of carboxylic acid groups (broad SMARTS) is 1. The summed E-state index contributed by atoms with van der Waals surface area (Å²) in [6.07, 6.45) is 0.589. The molecule has 0 aliphatic rings. The Balaban J connectivity index is 4.42. The molecule has 0 atom stereocenters. The predicted octanol–water partition coefficient (Wildman–Crippen LogP) is 1.63. The average Bonchev–Trinajstić information content (AvgIpc) is 2.00. The van der Waals surface area contributed by atoms with Gasteiger partial charge in [-0.1, -0.05) is 0 Å². The van der Waals surface area contributed by atoms with Gasteiger partial charge >= 0.3 is 5.97 Å². The van der Waals surface area contributed by atoms with Gasteiger partial charge in [0, 0.05) is 5.54 Å². The molecule has 4 heteroatoms. The van der Waals surface area contributed by atoms with Crippen LogP contribution >= 0.6 is 0 Å². The summed E-state index contributed by atoms with van der Waals surface area (Å²) in [5.41, 5.74) is -2.10. The number of hydrogen-bond donors (Lipinski definition) is 3. The fraction of sp³-hybridized carbons (Fsp3) is 0.917. The summed E-state index contributed by atoms with van der Waals surface area (Å²) in [6, 6.07) is 0. The number of aliphatic carboxylic acids is 1. The molecule has 4 nitrogen and oxygen atoms in total. The highest BCUT2D eigenvalue weighted by Gasteiger charge is 2.43. The second-order valence-corrected chi connectivity index (χ2v) is 6.04. The van der Waals surface area contributed by atoms with Crippen LogP contribution in [0.15, 0.2) is 0 Å². The fourth-order valence-corrected chi connectivity index (χ4v) is 1.17. The largest absolute Gasteiger partial charge is 0.481 e. The Morgan fingerprint density at radius 3 is 1.88 bits per heavy atom. The van der Waals surface area contributed by atoms with Crippen molar-refractivity contribution in [2.45, 2.75) is 59.1 Å². The van der Waals surface area contributed by atoms with Crippen molar-refractivity contribution >= 4 is 5.97 Å². The van der Waals surface area contributed by atoms with Crippen LogP contribution in [-0.2, 0) is 4.79 Å². The van der Waals surface area contributed by atoms with Crippen molar-refractivity contribution < 1.29 is 15.0 Å². The van der Waals surface area contributed by atoms with E-state index in [4.69, 9.17) is 5.11 Å². The lowest BCUT2D eigenvalue weighted by Crippen LogP contribution is -2.55. The Morgan fingerprint density at radius 1 is 1.12 bits per heavy atom. The molecule has 0 amide bonds. The summed E-state index contributed by atoms with van der Waals surface area (Å²) in [7, 11) is 0. The van der Waals surface area contributed by atoms with E-state index in [1.54, 1.807) is 27.7 Å². The molecule has 0 fully saturated rings. The van der Waals surface area contributed by atoms with Crippen LogP contribution in [0.3, 0.4) is 0 Å². The van der Waals surface area contributed by atoms with Gasteiger partial charge in [-0.2, -0.15) is 0 Å². The van der Waals surface area contributed by atoms with Gasteiger partial charge in [-0.05, 0) is 54.5 Å². The first-order valence-corrected chi connectivity index (χ1v) is 5.61. The van der Waals surface area contributed by atoms with Crippen molar-refractivity contribution in [3.05, 3.63) is 0 Å². The van der Waals surface area contributed by atoms with E-state index < -0.39 is 22.5 Å². The van der Waals surface area contributed by atoms with E-state index in [1.165, 1.54) is 0 Å². The Bertz CT molecular complexity index is 251. The van der Waals surface area contributed by atoms with Gasteiger partial charge in [0.2, 0.25) is 0 Å². The Labute approximate surface area is 98.1 Å². The normalized spacial score (nSPS) is 13.9. The highest BCUT2D eigenvalue weighted by molar-refractivity contribution is 5.75. The van der Waals surface area contributed by atoms with Crippen molar-refractivity contribution in [1.29, 1.82) is 0 Å². The minimum Gasteiger partial charge on any atom is -0.481 e. The summed E-state index contributed by atoms with van der Waals surface area (Å²) < 4.78 is 0. The smallest absolute Gasteiger partial charge is 0.310 e. The van der Waals surface area contributed by atoms with E-state index in [9.17, 15) is 9.90 Å². The first-order valence-electron chi connectivity index (χ1n) is 5.61. The number of hydrogen-bond acceptors (Lipinski definition) is 3. The van der Waals surface area contributed by atoms with E-state index in [0.29, 0.717) is 13.0 Å². The molecule has 0 aliphatic carbocycles. The zero-order valence-corrected chi connectivity index (χ0v) is 11.2. The van der Waals surface area contributed by atoms with Gasteiger partial charge < -0.3 is 15.5 Å². The maximum atomic E-state index is 11.1. The standard InChI is InChI=1S/C12H25NO3/c1-10(2,16)7-8-13-12(5,6)11(3,4)9(14)15/h13,16H,7-8H2,1-6H3,(H,14,15). The zero-order chi connectivity index (χ0) is 13.2. The lowest BCUT2D eigenvalue weighted by atomic mass is 9.74. The third kappa shape index (κ3) is 4.10. The highest BCUT2D eigenvalue weighted by Crippen LogP contribution is 2.30. The molecule has 0 aromatic rings. The maximum Gasteiger partial charge on any atom is 0.310 e. The summed E-state index contributed by atoms with van der Waals surface area (Å²) in [4.78, 5) is 11.1. The summed E-state index contributed by atoms with van der Waals surface area (Å²) >= 11 is 0. The molecule has 0 saturated heterocycles. The zero-order valence-electron chi connectivity index (χ0n) is 11.2. The molecule has 0 aromatic heterocycles. The van der Waals surface area contributed by atoms with E-state index in [1.807, 2.05) is 13.8 Å². The van der Waals surface area contributed by atoms with Gasteiger partial charge in [-0.25, -0.2) is 0 Å². The van der Waals surface area contributed by atoms with Gasteiger partial charge in [0.1, 0.15) is 0 Å². The average molecular weight is 231 g/mol. The first kappa shape index (κ1) is 15.4. The molecular weight excluding hydrogens is 206 g/mol. The van der Waals surface area contributed by atoms with Crippen LogP contribution in [0.4, 0.5) is 0 Å². The molecule has 0 unspecified atom stereocenters. The van der Waals surface area contributed by atoms with E-state index >= 15 is 0 Å². The van der Waals surface area contributed by atoms with Crippen LogP contribution in [0.2, 0.25) is 0 Å². The summed E-state index contributed by atoms with van der Waals surface area (Å²) in [5.74, 6) is -0.826. The number of carboxylic acids is 1. The number of aliphatic hydroxyl groups is 1. The van der Waals surface area contributed by atoms with Crippen LogP contribution in [0.25, 0.3) is 0 Å². The quantitative estimate of drug-likeness (QED) is 0.650. The van der Waals surface area contributed by atoms with Gasteiger partial charge in [-0.3, -0.25) is 4.79 Å². The fourth-order valence-electron chi connectivity index (χ4n) is 1.17. The second kappa shape index (κ2) is 4.72. The minimum atomic E-state index is -0.855. The molecule has 0 spiro atoms. The molecule has 3 N–H and O–H groups in total. The third-order valence-electron chi connectivity index (χ3n) is 3.40. The predicted molar refractivity (Wildman–Crippen MR) is 64.4 cm³/mol. The molecule has 16 heavy (non-hydrogen) atoms. The summed E-state index contributed by atoms with van der Waals surface area (Å²) in [5, 5.41) is 21.9. The topological polar surface area (TPSA) is 69.6 Å². The van der Waals surface area contributed by atoms with Crippen molar-refractivity contribution in [1.82, 2.24) is 5.32 Å². The number of rotatable bonds is 6. The van der Waals surface area contributed by atoms with Gasteiger partial charge in [0.05, 0.1) is 11.0 Å². The maximum absolute atomic E-state index is 11.1. The van der Waals surface area contributed by atoms with Crippen molar-refractivity contribution in [3.8, 4) is 0 Å². The second-order valence-electron chi connectivity index (χ2n) is 6.04. The summed E-state index contributed by atoms with van der Waals surface area (Å²) in [6.45, 7) is 11.2. The van der Waals surface area contributed by atoms with Crippen LogP contribution in [0, 0.1) is 5.41 Å². The van der Waals surface area contributed by atoms with Crippen LogP contribution in [0.5, 0.6) is 0 Å². The molecule has 0 aliphatic heterocycles. The molecule has 96 valence electrons. The lowest BCUT2D eigenvalue weighted by molar-refractivity contribution is -0.151. The molecule has 0 bridgehead atoms. The lowest BCUT2D eigenvalue weighted by Gasteiger charge is -2.39. The van der Waals surface area contributed by atoms with Crippen LogP contribution in [-0.4, -0.2) is 33.9 Å². The van der Waals surface area contributed by atoms with Crippen LogP contribution in [0.1, 0.15) is 48.0 Å². The van der Waals surface area contributed by atoms with Crippen molar-refractivity contribution in [3.63, 3.8) is 0 Å². The van der Waals surface area contributed by atoms with Crippen LogP contribution < -0.4 is 5.32 Å².